The molecule has 0 aromatic rings. The van der Waals surface area contributed by atoms with Crippen LogP contribution in [0, 0.1) is 34.5 Å². The van der Waals surface area contributed by atoms with Crippen LogP contribution in [0.25, 0.3) is 0 Å². The van der Waals surface area contributed by atoms with Gasteiger partial charge in [0.25, 0.3) is 0 Å². The molecule has 4 aliphatic carbocycles. The second-order valence-electron chi connectivity index (χ2n) is 9.44. The molecule has 4 aliphatic rings. The summed E-state index contributed by atoms with van der Waals surface area (Å²) >= 11 is 0. The van der Waals surface area contributed by atoms with Crippen LogP contribution in [0.15, 0.2) is 11.6 Å². The highest BCUT2D eigenvalue weighted by atomic mass is 16.3. The second kappa shape index (κ2) is 5.18. The van der Waals surface area contributed by atoms with Gasteiger partial charge in [-0.05, 0) is 92.4 Å². The third kappa shape index (κ3) is 2.13. The Morgan fingerprint density at radius 2 is 1.87 bits per heavy atom. The van der Waals surface area contributed by atoms with Gasteiger partial charge < -0.3 is 5.11 Å². The average Bonchev–Trinajstić information content (AvgIpc) is 2.85. The summed E-state index contributed by atoms with van der Waals surface area (Å²) in [6.07, 6.45) is 11.1. The van der Waals surface area contributed by atoms with Crippen LogP contribution in [0.5, 0.6) is 0 Å². The lowest BCUT2D eigenvalue weighted by molar-refractivity contribution is -0.117. The van der Waals surface area contributed by atoms with Gasteiger partial charge in [-0.25, -0.2) is 0 Å². The SMILES string of the molecule is CC(O)[C@H]1CC[C@H]2[C@@H]3CCC4=CC(=O)CC[C@@]4(C)[C@@H]3CC[C@]12C. The van der Waals surface area contributed by atoms with Crippen molar-refractivity contribution in [3.05, 3.63) is 11.6 Å². The first-order valence-corrected chi connectivity index (χ1v) is 9.78. The maximum Gasteiger partial charge on any atom is 0.155 e. The van der Waals surface area contributed by atoms with Gasteiger partial charge in [-0.3, -0.25) is 4.79 Å². The number of ketones is 1. The van der Waals surface area contributed by atoms with Crippen LogP contribution in [0.1, 0.15) is 72.1 Å². The van der Waals surface area contributed by atoms with E-state index >= 15 is 0 Å². The summed E-state index contributed by atoms with van der Waals surface area (Å²) in [5.41, 5.74) is 2.09. The van der Waals surface area contributed by atoms with Crippen molar-refractivity contribution in [3.8, 4) is 0 Å². The van der Waals surface area contributed by atoms with Gasteiger partial charge >= 0.3 is 0 Å². The molecular formula is C21H32O2. The Labute approximate surface area is 140 Å². The molecular weight excluding hydrogens is 284 g/mol. The van der Waals surface area contributed by atoms with Crippen molar-refractivity contribution in [2.75, 3.05) is 0 Å². The Morgan fingerprint density at radius 1 is 1.09 bits per heavy atom. The largest absolute Gasteiger partial charge is 0.393 e. The molecule has 2 nitrogen and oxygen atoms in total. The van der Waals surface area contributed by atoms with Crippen molar-refractivity contribution in [2.45, 2.75) is 78.2 Å². The van der Waals surface area contributed by atoms with E-state index in [1.54, 1.807) is 0 Å². The summed E-state index contributed by atoms with van der Waals surface area (Å²) in [5.74, 6) is 3.21. The van der Waals surface area contributed by atoms with Gasteiger partial charge in [-0.2, -0.15) is 0 Å². The summed E-state index contributed by atoms with van der Waals surface area (Å²) in [4.78, 5) is 11.9. The van der Waals surface area contributed by atoms with Crippen molar-refractivity contribution in [1.29, 1.82) is 0 Å². The van der Waals surface area contributed by atoms with Crippen LogP contribution < -0.4 is 0 Å². The summed E-state index contributed by atoms with van der Waals surface area (Å²) in [6, 6.07) is 0. The molecule has 3 saturated carbocycles. The van der Waals surface area contributed by atoms with Gasteiger partial charge in [0.05, 0.1) is 6.10 Å². The van der Waals surface area contributed by atoms with Crippen molar-refractivity contribution in [3.63, 3.8) is 0 Å². The van der Waals surface area contributed by atoms with E-state index < -0.39 is 0 Å². The first-order chi connectivity index (χ1) is 10.9. The minimum Gasteiger partial charge on any atom is -0.393 e. The summed E-state index contributed by atoms with van der Waals surface area (Å²) in [5, 5.41) is 10.3. The van der Waals surface area contributed by atoms with Crippen LogP contribution in [0.2, 0.25) is 0 Å². The Hall–Kier alpha value is -0.630. The molecule has 0 aromatic heterocycles. The lowest BCUT2D eigenvalue weighted by Crippen LogP contribution is -2.51. The van der Waals surface area contributed by atoms with E-state index in [9.17, 15) is 9.90 Å². The maximum atomic E-state index is 11.9. The average molecular weight is 316 g/mol. The third-order valence-electron chi connectivity index (χ3n) is 8.62. The maximum absolute atomic E-state index is 11.9. The molecule has 1 unspecified atom stereocenters. The van der Waals surface area contributed by atoms with Gasteiger partial charge in [-0.1, -0.05) is 19.4 Å². The van der Waals surface area contributed by atoms with E-state index in [1.807, 2.05) is 13.0 Å². The zero-order valence-corrected chi connectivity index (χ0v) is 15.0. The predicted molar refractivity (Wildman–Crippen MR) is 91.9 cm³/mol. The molecule has 0 heterocycles. The number of fused-ring (bicyclic) bond motifs is 5. The van der Waals surface area contributed by atoms with E-state index in [4.69, 9.17) is 0 Å². The van der Waals surface area contributed by atoms with Crippen molar-refractivity contribution in [2.24, 2.45) is 34.5 Å². The quantitative estimate of drug-likeness (QED) is 0.772. The Morgan fingerprint density at radius 3 is 2.61 bits per heavy atom. The van der Waals surface area contributed by atoms with E-state index in [-0.39, 0.29) is 11.5 Å². The molecule has 0 aliphatic heterocycles. The van der Waals surface area contributed by atoms with E-state index in [0.717, 1.165) is 37.0 Å². The molecule has 3 fully saturated rings. The number of allylic oxidation sites excluding steroid dienone is 1. The van der Waals surface area contributed by atoms with Crippen LogP contribution in [0.4, 0.5) is 0 Å². The monoisotopic (exact) mass is 316 g/mol. The fourth-order valence-electron chi connectivity index (χ4n) is 7.39. The third-order valence-corrected chi connectivity index (χ3v) is 8.62. The molecule has 0 saturated heterocycles. The van der Waals surface area contributed by atoms with Crippen molar-refractivity contribution in [1.82, 2.24) is 0 Å². The topological polar surface area (TPSA) is 37.3 Å². The molecule has 23 heavy (non-hydrogen) atoms. The molecule has 0 radical (unpaired) electrons. The molecule has 0 amide bonds. The molecule has 7 atom stereocenters. The second-order valence-corrected chi connectivity index (χ2v) is 9.44. The number of aliphatic hydroxyl groups is 1. The predicted octanol–water partition coefficient (Wildman–Crippen LogP) is 4.52. The van der Waals surface area contributed by atoms with E-state index in [1.165, 1.54) is 37.7 Å². The lowest BCUT2D eigenvalue weighted by atomic mass is 9.46. The number of hydrogen-bond donors (Lipinski definition) is 1. The Bertz CT molecular complexity index is 548. The van der Waals surface area contributed by atoms with Crippen LogP contribution in [0.3, 0.4) is 0 Å². The molecule has 1 N–H and O–H groups in total. The van der Waals surface area contributed by atoms with Gasteiger partial charge in [0.15, 0.2) is 5.78 Å². The number of rotatable bonds is 1. The van der Waals surface area contributed by atoms with E-state index in [0.29, 0.717) is 17.1 Å². The number of hydrogen-bond acceptors (Lipinski definition) is 2. The van der Waals surface area contributed by atoms with Gasteiger partial charge in [0, 0.05) is 6.42 Å². The first-order valence-electron chi connectivity index (χ1n) is 9.78. The van der Waals surface area contributed by atoms with Crippen LogP contribution in [-0.4, -0.2) is 17.0 Å². The number of carbonyl (C=O) groups is 1. The molecule has 128 valence electrons. The molecule has 0 bridgehead atoms. The molecule has 2 heteroatoms. The first kappa shape index (κ1) is 15.9. The minimum absolute atomic E-state index is 0.163. The summed E-state index contributed by atoms with van der Waals surface area (Å²) in [7, 11) is 0. The summed E-state index contributed by atoms with van der Waals surface area (Å²) in [6.45, 7) is 6.92. The minimum atomic E-state index is -0.163. The fraction of sp³-hybridized carbons (Fsp3) is 0.857. The standard InChI is InChI=1S/C21H32O2/c1-13(22)17-6-7-18-16-5-4-14-12-15(23)8-10-20(14,2)19(16)9-11-21(17,18)3/h12-13,16-19,22H,4-11H2,1-3H3/t13?,16-,17+,18-,19+,20+,21+/m0/s1. The van der Waals surface area contributed by atoms with Crippen molar-refractivity contribution < 1.29 is 9.90 Å². The lowest BCUT2D eigenvalue weighted by Gasteiger charge is -2.58. The van der Waals surface area contributed by atoms with Crippen molar-refractivity contribution >= 4 is 5.78 Å². The normalized spacial score (nSPS) is 50.6. The van der Waals surface area contributed by atoms with Gasteiger partial charge in [0.2, 0.25) is 0 Å². The molecule has 0 spiro atoms. The highest BCUT2D eigenvalue weighted by molar-refractivity contribution is 5.91. The zero-order chi connectivity index (χ0) is 16.4. The Kier molecular flexibility index (Phi) is 3.58. The summed E-state index contributed by atoms with van der Waals surface area (Å²) < 4.78 is 0. The van der Waals surface area contributed by atoms with E-state index in [2.05, 4.69) is 13.8 Å². The van der Waals surface area contributed by atoms with Gasteiger partial charge in [0.1, 0.15) is 0 Å². The highest BCUT2D eigenvalue weighted by Gasteiger charge is 2.59. The number of carbonyl (C=O) groups excluding carboxylic acids is 1. The highest BCUT2D eigenvalue weighted by Crippen LogP contribution is 2.66. The molecule has 4 rings (SSSR count). The Balaban J connectivity index is 1.66. The zero-order valence-electron chi connectivity index (χ0n) is 15.0. The smallest absolute Gasteiger partial charge is 0.155 e. The molecule has 0 aromatic carbocycles. The van der Waals surface area contributed by atoms with Crippen LogP contribution >= 0.6 is 0 Å². The fourth-order valence-corrected chi connectivity index (χ4v) is 7.39. The van der Waals surface area contributed by atoms with Crippen LogP contribution in [-0.2, 0) is 4.79 Å². The number of aliphatic hydroxyl groups excluding tert-OH is 1. The van der Waals surface area contributed by atoms with Gasteiger partial charge in [-0.15, -0.1) is 0 Å².